The van der Waals surface area contributed by atoms with E-state index < -0.39 is 0 Å². The van der Waals surface area contributed by atoms with Crippen molar-refractivity contribution in [1.29, 1.82) is 0 Å². The molecule has 3 rings (SSSR count). The van der Waals surface area contributed by atoms with Gasteiger partial charge in [-0.25, -0.2) is 0 Å². The molecule has 0 spiro atoms. The van der Waals surface area contributed by atoms with Gasteiger partial charge in [0.05, 0.1) is 5.69 Å². The molecule has 27 heavy (non-hydrogen) atoms. The van der Waals surface area contributed by atoms with Crippen molar-refractivity contribution in [3.63, 3.8) is 0 Å². The zero-order valence-electron chi connectivity index (χ0n) is 15.4. The molecule has 6 nitrogen and oxygen atoms in total. The second-order valence-corrected chi connectivity index (χ2v) is 6.35. The van der Waals surface area contributed by atoms with Gasteiger partial charge in [-0.2, -0.15) is 0 Å². The van der Waals surface area contributed by atoms with Gasteiger partial charge in [-0.15, -0.1) is 0 Å². The van der Waals surface area contributed by atoms with Gasteiger partial charge < -0.3 is 19.7 Å². The van der Waals surface area contributed by atoms with Crippen molar-refractivity contribution in [2.24, 2.45) is 0 Å². The molecule has 1 unspecified atom stereocenters. The van der Waals surface area contributed by atoms with Gasteiger partial charge in [0.25, 0.3) is 0 Å². The highest BCUT2D eigenvalue weighted by molar-refractivity contribution is 5.93. The highest BCUT2D eigenvalue weighted by atomic mass is 16.5. The van der Waals surface area contributed by atoms with E-state index in [1.165, 1.54) is 6.92 Å². The minimum Gasteiger partial charge on any atom is -0.455 e. The first-order valence-corrected chi connectivity index (χ1v) is 9.14. The smallest absolute Gasteiger partial charge is 0.249 e. The number of para-hydroxylation sites is 3. The van der Waals surface area contributed by atoms with Crippen LogP contribution in [-0.4, -0.2) is 37.6 Å². The van der Waals surface area contributed by atoms with Crippen LogP contribution in [-0.2, 0) is 14.3 Å². The van der Waals surface area contributed by atoms with Crippen molar-refractivity contribution in [1.82, 2.24) is 5.32 Å². The van der Waals surface area contributed by atoms with Crippen LogP contribution in [0.1, 0.15) is 19.8 Å². The van der Waals surface area contributed by atoms with Gasteiger partial charge in [-0.3, -0.25) is 9.59 Å². The van der Waals surface area contributed by atoms with E-state index in [9.17, 15) is 9.59 Å². The first-order valence-electron chi connectivity index (χ1n) is 9.14. The average molecular weight is 368 g/mol. The van der Waals surface area contributed by atoms with Crippen LogP contribution in [0.15, 0.2) is 54.6 Å². The van der Waals surface area contributed by atoms with Crippen molar-refractivity contribution in [3.05, 3.63) is 54.6 Å². The molecule has 1 N–H and O–H groups in total. The van der Waals surface area contributed by atoms with Crippen LogP contribution >= 0.6 is 0 Å². The zero-order chi connectivity index (χ0) is 19.1. The first kappa shape index (κ1) is 18.9. The summed E-state index contributed by atoms with van der Waals surface area (Å²) in [5.41, 5.74) is 0.667. The van der Waals surface area contributed by atoms with Gasteiger partial charge in [-0.05, 0) is 37.1 Å². The number of rotatable bonds is 7. The number of anilines is 1. The lowest BCUT2D eigenvalue weighted by atomic mass is 10.2. The fourth-order valence-corrected chi connectivity index (χ4v) is 3.02. The summed E-state index contributed by atoms with van der Waals surface area (Å²) in [6, 6.07) is 16.8. The summed E-state index contributed by atoms with van der Waals surface area (Å²) in [6.07, 6.45) is 1.28. The second kappa shape index (κ2) is 9.19. The van der Waals surface area contributed by atoms with E-state index in [1.807, 2.05) is 54.6 Å². The van der Waals surface area contributed by atoms with Gasteiger partial charge in [0, 0.05) is 26.6 Å². The number of hydrogen-bond acceptors (Lipinski definition) is 4. The fourth-order valence-electron chi connectivity index (χ4n) is 3.02. The average Bonchev–Trinajstić information content (AvgIpc) is 3.21. The quantitative estimate of drug-likeness (QED) is 0.815. The van der Waals surface area contributed by atoms with Crippen LogP contribution in [0.5, 0.6) is 11.5 Å². The maximum atomic E-state index is 12.2. The molecule has 1 atom stereocenters. The lowest BCUT2D eigenvalue weighted by Crippen LogP contribution is -2.41. The minimum atomic E-state index is -0.371. The Balaban J connectivity index is 1.67. The molecule has 1 fully saturated rings. The van der Waals surface area contributed by atoms with Crippen LogP contribution in [0.25, 0.3) is 0 Å². The number of carbonyl (C=O) groups is 2. The molecule has 0 aromatic heterocycles. The van der Waals surface area contributed by atoms with Crippen LogP contribution in [0.3, 0.4) is 0 Å². The summed E-state index contributed by atoms with van der Waals surface area (Å²) in [7, 11) is 0. The Morgan fingerprint density at radius 2 is 1.89 bits per heavy atom. The maximum Gasteiger partial charge on any atom is 0.249 e. The highest BCUT2D eigenvalue weighted by Crippen LogP contribution is 2.32. The number of nitrogens with one attached hydrogen (secondary N) is 1. The Bertz CT molecular complexity index is 773. The Labute approximate surface area is 159 Å². The molecule has 2 aromatic rings. The van der Waals surface area contributed by atoms with Crippen LogP contribution < -0.4 is 15.0 Å². The number of hydrogen-bond donors (Lipinski definition) is 1. The Hall–Kier alpha value is -2.86. The van der Waals surface area contributed by atoms with Crippen LogP contribution in [0.4, 0.5) is 5.69 Å². The summed E-state index contributed by atoms with van der Waals surface area (Å²) in [6.45, 7) is 2.82. The number of nitrogens with zero attached hydrogens (tertiary/aromatic N) is 1. The van der Waals surface area contributed by atoms with E-state index in [0.717, 1.165) is 12.8 Å². The van der Waals surface area contributed by atoms with Crippen molar-refractivity contribution >= 4 is 17.5 Å². The molecular formula is C21H24N2O4. The number of carbonyl (C=O) groups excluding carboxylic acids is 2. The predicted octanol–water partition coefficient (Wildman–Crippen LogP) is 3.13. The molecular weight excluding hydrogens is 344 g/mol. The third-order valence-electron chi connectivity index (χ3n) is 4.36. The summed E-state index contributed by atoms with van der Waals surface area (Å²) >= 11 is 0. The third-order valence-corrected chi connectivity index (χ3v) is 4.36. The van der Waals surface area contributed by atoms with E-state index in [1.54, 1.807) is 4.90 Å². The van der Waals surface area contributed by atoms with E-state index in [-0.39, 0.29) is 17.9 Å². The number of ether oxygens (including phenoxy) is 2. The van der Waals surface area contributed by atoms with Crippen molar-refractivity contribution in [3.8, 4) is 11.5 Å². The molecule has 1 saturated heterocycles. The highest BCUT2D eigenvalue weighted by Gasteiger charge is 2.23. The van der Waals surface area contributed by atoms with E-state index in [4.69, 9.17) is 9.47 Å². The summed E-state index contributed by atoms with van der Waals surface area (Å²) in [5, 5.41) is 2.85. The van der Waals surface area contributed by atoms with Gasteiger partial charge >= 0.3 is 0 Å². The summed E-state index contributed by atoms with van der Waals surface area (Å²) in [5.74, 6) is 1.04. The first-order chi connectivity index (χ1) is 13.1. The van der Waals surface area contributed by atoms with Crippen molar-refractivity contribution in [2.75, 3.05) is 24.6 Å². The molecule has 142 valence electrons. The molecule has 0 bridgehead atoms. The Morgan fingerprint density at radius 3 is 2.59 bits per heavy atom. The minimum absolute atomic E-state index is 0.120. The van der Waals surface area contributed by atoms with Crippen LogP contribution in [0, 0.1) is 0 Å². The lowest BCUT2D eigenvalue weighted by Gasteiger charge is -2.24. The van der Waals surface area contributed by atoms with Gasteiger partial charge in [-0.1, -0.05) is 30.3 Å². The van der Waals surface area contributed by atoms with Gasteiger partial charge in [0.1, 0.15) is 11.9 Å². The molecule has 1 heterocycles. The molecule has 1 aliphatic rings. The predicted molar refractivity (Wildman–Crippen MR) is 103 cm³/mol. The standard InChI is InChI=1S/C21H24N2O4/c1-16(24)23(14-13-22-21(25)20-12-7-15-26-20)18-10-5-6-11-19(18)27-17-8-3-2-4-9-17/h2-6,8-11,20H,7,12-15H2,1H3,(H,22,25). The molecule has 2 amide bonds. The molecule has 1 aliphatic heterocycles. The molecule has 2 aromatic carbocycles. The second-order valence-electron chi connectivity index (χ2n) is 6.35. The summed E-state index contributed by atoms with van der Waals surface area (Å²) in [4.78, 5) is 25.9. The van der Waals surface area contributed by atoms with Crippen molar-refractivity contribution in [2.45, 2.75) is 25.9 Å². The van der Waals surface area contributed by atoms with Gasteiger partial charge in [0.2, 0.25) is 11.8 Å². The normalized spacial score (nSPS) is 16.0. The lowest BCUT2D eigenvalue weighted by molar-refractivity contribution is -0.130. The number of benzene rings is 2. The van der Waals surface area contributed by atoms with Gasteiger partial charge in [0.15, 0.2) is 5.75 Å². The molecule has 6 heteroatoms. The topological polar surface area (TPSA) is 67.9 Å². The van der Waals surface area contributed by atoms with E-state index >= 15 is 0 Å². The maximum absolute atomic E-state index is 12.2. The zero-order valence-corrected chi connectivity index (χ0v) is 15.4. The largest absolute Gasteiger partial charge is 0.455 e. The third kappa shape index (κ3) is 5.08. The van der Waals surface area contributed by atoms with E-state index in [0.29, 0.717) is 36.9 Å². The molecule has 0 saturated carbocycles. The summed E-state index contributed by atoms with van der Waals surface area (Å²) < 4.78 is 11.3. The SMILES string of the molecule is CC(=O)N(CCNC(=O)C1CCCO1)c1ccccc1Oc1ccccc1. The Kier molecular flexibility index (Phi) is 6.44. The Morgan fingerprint density at radius 1 is 1.15 bits per heavy atom. The monoisotopic (exact) mass is 368 g/mol. The van der Waals surface area contributed by atoms with Crippen LogP contribution in [0.2, 0.25) is 0 Å². The van der Waals surface area contributed by atoms with E-state index in [2.05, 4.69) is 5.32 Å². The molecule has 0 aliphatic carbocycles. The molecule has 0 radical (unpaired) electrons. The number of amides is 2. The van der Waals surface area contributed by atoms with Crippen molar-refractivity contribution < 1.29 is 19.1 Å². The fraction of sp³-hybridized carbons (Fsp3) is 0.333.